The molecule has 1 saturated heterocycles. The fraction of sp³-hybridized carbons (Fsp3) is 0.292. The number of H-pyrrole nitrogens is 1. The maximum atomic E-state index is 15.6. The Morgan fingerprint density at radius 2 is 1.86 bits per heavy atom. The monoisotopic (exact) mass is 520 g/mol. The third-order valence-electron chi connectivity index (χ3n) is 6.81. The standard InChI is InChI=1S/C24H18F6N6O/c1-34-20-18(21(33-34)24(28,29)30)22(37)36(13-3-5-16-17(9-13)32-11-31-16)19(20)14-4-2-12(8-15(14)25)35-7-6-23(26,27)10-35/h2-5,8-9,11,19H,6-7,10H2,1H3,(H,31,32). The minimum absolute atomic E-state index is 0.0321. The molecule has 0 saturated carbocycles. The summed E-state index contributed by atoms with van der Waals surface area (Å²) in [5, 5.41) is 3.54. The molecule has 2 aromatic heterocycles. The molecule has 1 atom stereocenters. The molecular formula is C24H18F6N6O. The van der Waals surface area contributed by atoms with Crippen LogP contribution in [0.2, 0.25) is 0 Å². The number of imidazole rings is 1. The van der Waals surface area contributed by atoms with Crippen LogP contribution in [-0.2, 0) is 13.2 Å². The second-order valence-corrected chi connectivity index (χ2v) is 9.15. The van der Waals surface area contributed by atoms with Gasteiger partial charge in [-0.25, -0.2) is 18.2 Å². The van der Waals surface area contributed by atoms with Crippen LogP contribution >= 0.6 is 0 Å². The van der Waals surface area contributed by atoms with E-state index in [4.69, 9.17) is 0 Å². The highest BCUT2D eigenvalue weighted by Gasteiger charge is 2.51. The number of hydrogen-bond donors (Lipinski definition) is 1. The average Bonchev–Trinajstić information content (AvgIpc) is 3.57. The number of halogens is 6. The van der Waals surface area contributed by atoms with Crippen molar-refractivity contribution in [2.75, 3.05) is 22.9 Å². The fourth-order valence-corrected chi connectivity index (χ4v) is 5.13. The lowest BCUT2D eigenvalue weighted by Crippen LogP contribution is -2.31. The van der Waals surface area contributed by atoms with Gasteiger partial charge in [0.1, 0.15) is 11.9 Å². The van der Waals surface area contributed by atoms with Crippen molar-refractivity contribution in [3.05, 3.63) is 71.1 Å². The van der Waals surface area contributed by atoms with Gasteiger partial charge in [-0.1, -0.05) is 6.07 Å². The van der Waals surface area contributed by atoms with Crippen LogP contribution in [0.5, 0.6) is 0 Å². The first-order valence-electron chi connectivity index (χ1n) is 11.3. The Balaban J connectivity index is 1.51. The number of fused-ring (bicyclic) bond motifs is 2. The van der Waals surface area contributed by atoms with Crippen molar-refractivity contribution in [1.29, 1.82) is 0 Å². The van der Waals surface area contributed by atoms with Crippen LogP contribution in [0.25, 0.3) is 11.0 Å². The largest absolute Gasteiger partial charge is 0.435 e. The number of carbonyl (C=O) groups is 1. The van der Waals surface area contributed by atoms with Crippen molar-refractivity contribution in [2.45, 2.75) is 24.6 Å². The lowest BCUT2D eigenvalue weighted by atomic mass is 10.0. The van der Waals surface area contributed by atoms with Gasteiger partial charge in [-0.05, 0) is 30.3 Å². The lowest BCUT2D eigenvalue weighted by Gasteiger charge is -2.27. The third-order valence-corrected chi connectivity index (χ3v) is 6.81. The predicted octanol–water partition coefficient (Wildman–Crippen LogP) is 5.05. The van der Waals surface area contributed by atoms with Gasteiger partial charge in [-0.2, -0.15) is 18.3 Å². The molecular weight excluding hydrogens is 502 g/mol. The number of benzene rings is 2. The second kappa shape index (κ2) is 7.73. The molecule has 13 heteroatoms. The maximum absolute atomic E-state index is 15.6. The van der Waals surface area contributed by atoms with Gasteiger partial charge in [0.2, 0.25) is 0 Å². The number of carbonyl (C=O) groups excluding carboxylic acids is 1. The number of aromatic amines is 1. The van der Waals surface area contributed by atoms with Crippen molar-refractivity contribution in [3.63, 3.8) is 0 Å². The lowest BCUT2D eigenvalue weighted by molar-refractivity contribution is -0.141. The first-order valence-corrected chi connectivity index (χ1v) is 11.3. The van der Waals surface area contributed by atoms with Crippen LogP contribution in [0, 0.1) is 5.82 Å². The topological polar surface area (TPSA) is 70.1 Å². The number of nitrogens with one attached hydrogen (secondary N) is 1. The third kappa shape index (κ3) is 3.63. The van der Waals surface area contributed by atoms with Crippen molar-refractivity contribution in [1.82, 2.24) is 19.7 Å². The van der Waals surface area contributed by atoms with Crippen LogP contribution in [0.3, 0.4) is 0 Å². The van der Waals surface area contributed by atoms with Crippen LogP contribution in [0.1, 0.15) is 39.8 Å². The molecule has 192 valence electrons. The normalized spacial score (nSPS) is 19.3. The molecule has 2 aromatic carbocycles. The van der Waals surface area contributed by atoms with E-state index in [0.29, 0.717) is 11.0 Å². The molecule has 0 bridgehead atoms. The van der Waals surface area contributed by atoms with Gasteiger partial charge in [0.25, 0.3) is 11.8 Å². The van der Waals surface area contributed by atoms with Crippen molar-refractivity contribution in [2.24, 2.45) is 7.05 Å². The van der Waals surface area contributed by atoms with E-state index < -0.39 is 47.7 Å². The zero-order chi connectivity index (χ0) is 26.3. The quantitative estimate of drug-likeness (QED) is 0.384. The maximum Gasteiger partial charge on any atom is 0.435 e. The van der Waals surface area contributed by atoms with E-state index in [-0.39, 0.29) is 35.6 Å². The Kier molecular flexibility index (Phi) is 4.89. The van der Waals surface area contributed by atoms with Crippen LogP contribution in [0.4, 0.5) is 37.7 Å². The van der Waals surface area contributed by atoms with E-state index >= 15 is 4.39 Å². The molecule has 1 fully saturated rings. The molecule has 2 aliphatic rings. The molecule has 0 aliphatic carbocycles. The molecule has 1 amide bonds. The number of aromatic nitrogens is 4. The number of anilines is 2. The summed E-state index contributed by atoms with van der Waals surface area (Å²) in [6.07, 6.45) is -3.86. The summed E-state index contributed by atoms with van der Waals surface area (Å²) in [7, 11) is 1.26. The number of hydrogen-bond acceptors (Lipinski definition) is 4. The van der Waals surface area contributed by atoms with Gasteiger partial charge >= 0.3 is 6.18 Å². The average molecular weight is 520 g/mol. The summed E-state index contributed by atoms with van der Waals surface area (Å²) in [4.78, 5) is 23.0. The Labute approximate surface area is 205 Å². The molecule has 1 unspecified atom stereocenters. The Morgan fingerprint density at radius 3 is 2.54 bits per heavy atom. The molecule has 37 heavy (non-hydrogen) atoms. The number of amides is 1. The zero-order valence-electron chi connectivity index (χ0n) is 19.2. The molecule has 7 nitrogen and oxygen atoms in total. The Morgan fingerprint density at radius 1 is 1.11 bits per heavy atom. The number of alkyl halides is 5. The van der Waals surface area contributed by atoms with E-state index in [2.05, 4.69) is 15.1 Å². The van der Waals surface area contributed by atoms with Crippen molar-refractivity contribution >= 4 is 28.3 Å². The molecule has 6 rings (SSSR count). The van der Waals surface area contributed by atoms with Crippen LogP contribution in [-0.4, -0.2) is 44.7 Å². The fourth-order valence-electron chi connectivity index (χ4n) is 5.13. The second-order valence-electron chi connectivity index (χ2n) is 9.15. The highest BCUT2D eigenvalue weighted by molar-refractivity contribution is 6.12. The van der Waals surface area contributed by atoms with Crippen LogP contribution in [0.15, 0.2) is 42.7 Å². The highest BCUT2D eigenvalue weighted by atomic mass is 19.4. The summed E-state index contributed by atoms with van der Waals surface area (Å²) in [5.41, 5.74) is -0.723. The molecule has 4 heterocycles. The van der Waals surface area contributed by atoms with Gasteiger partial charge in [-0.3, -0.25) is 14.4 Å². The Hall–Kier alpha value is -4.03. The first kappa shape index (κ1) is 23.4. The molecule has 0 spiro atoms. The van der Waals surface area contributed by atoms with Gasteiger partial charge in [0.05, 0.1) is 35.2 Å². The molecule has 1 N–H and O–H groups in total. The van der Waals surface area contributed by atoms with Gasteiger partial charge in [0, 0.05) is 37.0 Å². The molecule has 4 aromatic rings. The van der Waals surface area contributed by atoms with Crippen LogP contribution < -0.4 is 9.80 Å². The number of rotatable bonds is 3. The van der Waals surface area contributed by atoms with E-state index in [1.807, 2.05) is 0 Å². The van der Waals surface area contributed by atoms with Crippen molar-refractivity contribution in [3.8, 4) is 0 Å². The van der Waals surface area contributed by atoms with Gasteiger partial charge in [0.15, 0.2) is 5.69 Å². The number of nitrogens with zero attached hydrogens (tertiary/aromatic N) is 5. The van der Waals surface area contributed by atoms with E-state index in [1.165, 1.54) is 42.5 Å². The van der Waals surface area contributed by atoms with E-state index in [1.54, 1.807) is 6.07 Å². The molecule has 2 aliphatic heterocycles. The summed E-state index contributed by atoms with van der Waals surface area (Å²) in [6, 6.07) is 7.17. The SMILES string of the molecule is Cn1nc(C(F)(F)F)c2c1C(c1ccc(N3CCC(F)(F)C3)cc1F)N(c1ccc3[nH]cnc3c1)C2=O. The Bertz CT molecular complexity index is 1560. The zero-order valence-corrected chi connectivity index (χ0v) is 19.2. The minimum Gasteiger partial charge on any atom is -0.365 e. The smallest absolute Gasteiger partial charge is 0.365 e. The predicted molar refractivity (Wildman–Crippen MR) is 121 cm³/mol. The summed E-state index contributed by atoms with van der Waals surface area (Å²) >= 11 is 0. The minimum atomic E-state index is -4.92. The van der Waals surface area contributed by atoms with Crippen molar-refractivity contribution < 1.29 is 31.1 Å². The van der Waals surface area contributed by atoms with Gasteiger partial charge < -0.3 is 9.88 Å². The summed E-state index contributed by atoms with van der Waals surface area (Å²) in [6.45, 7) is -0.533. The van der Waals surface area contributed by atoms with E-state index in [9.17, 15) is 26.7 Å². The number of aryl methyl sites for hydroxylation is 1. The summed E-state index contributed by atoms with van der Waals surface area (Å²) < 4.78 is 85.4. The summed E-state index contributed by atoms with van der Waals surface area (Å²) in [5.74, 6) is -4.73. The molecule has 0 radical (unpaired) electrons. The van der Waals surface area contributed by atoms with Gasteiger partial charge in [-0.15, -0.1) is 0 Å². The first-order chi connectivity index (χ1) is 17.4. The highest BCUT2D eigenvalue weighted by Crippen LogP contribution is 2.47. The van der Waals surface area contributed by atoms with E-state index in [0.717, 1.165) is 15.6 Å².